The Kier molecular flexibility index (Phi) is 3.26. The Bertz CT molecular complexity index is 620. The van der Waals surface area contributed by atoms with Gasteiger partial charge in [0.05, 0.1) is 0 Å². The first kappa shape index (κ1) is 12.8. The Morgan fingerprint density at radius 1 is 1.28 bits per heavy atom. The lowest BCUT2D eigenvalue weighted by Crippen LogP contribution is -2.36. The van der Waals surface area contributed by atoms with Crippen LogP contribution in [0.1, 0.15) is 31.9 Å². The second kappa shape index (κ2) is 4.58. The molecule has 0 aliphatic carbocycles. The summed E-state index contributed by atoms with van der Waals surface area (Å²) in [5, 5.41) is 1.08. The van der Waals surface area contributed by atoms with Crippen LogP contribution in [-0.2, 0) is 12.8 Å². The third-order valence-electron chi connectivity index (χ3n) is 3.04. The smallest absolute Gasteiger partial charge is 0.251 e. The number of aromatic amines is 1. The summed E-state index contributed by atoms with van der Waals surface area (Å²) in [6.45, 7) is 5.98. The molecule has 0 amide bonds. The molecule has 0 spiro atoms. The Morgan fingerprint density at radius 3 is 2.61 bits per heavy atom. The first-order chi connectivity index (χ1) is 8.39. The van der Waals surface area contributed by atoms with Crippen molar-refractivity contribution in [3.63, 3.8) is 0 Å². The number of aromatic nitrogens is 1. The summed E-state index contributed by atoms with van der Waals surface area (Å²) in [7, 11) is 0. The van der Waals surface area contributed by atoms with Gasteiger partial charge < -0.3 is 10.7 Å². The Balaban J connectivity index is 2.55. The second-order valence-electron chi connectivity index (χ2n) is 5.56. The number of pyridine rings is 1. The summed E-state index contributed by atoms with van der Waals surface area (Å²) in [5.74, 6) is 0. The molecule has 0 aliphatic rings. The van der Waals surface area contributed by atoms with Crippen LogP contribution >= 0.6 is 0 Å². The van der Waals surface area contributed by atoms with Gasteiger partial charge in [0, 0.05) is 16.6 Å². The minimum absolute atomic E-state index is 0.0368. The van der Waals surface area contributed by atoms with Gasteiger partial charge in [0.2, 0.25) is 0 Å². The fourth-order valence-corrected chi connectivity index (χ4v) is 2.14. The highest BCUT2D eigenvalue weighted by molar-refractivity contribution is 5.79. The number of H-pyrrole nitrogens is 1. The normalized spacial score (nSPS) is 12.0. The average Bonchev–Trinajstić information content (AvgIpc) is 2.27. The lowest BCUT2D eigenvalue weighted by Gasteiger charge is -2.18. The molecule has 0 unspecified atom stereocenters. The van der Waals surface area contributed by atoms with E-state index < -0.39 is 0 Å². The SMILES string of the molecule is CCc1ccc2[nH]c(=O)c(CC(C)(C)N)cc2c1. The average molecular weight is 244 g/mol. The molecule has 96 valence electrons. The van der Waals surface area contributed by atoms with Crippen molar-refractivity contribution in [2.75, 3.05) is 0 Å². The van der Waals surface area contributed by atoms with Gasteiger partial charge in [-0.1, -0.05) is 13.0 Å². The molecule has 0 fully saturated rings. The van der Waals surface area contributed by atoms with Crippen LogP contribution in [0.2, 0.25) is 0 Å². The van der Waals surface area contributed by atoms with Crippen LogP contribution in [0.4, 0.5) is 0 Å². The van der Waals surface area contributed by atoms with E-state index in [-0.39, 0.29) is 11.1 Å². The molecule has 0 saturated carbocycles. The molecule has 2 aromatic rings. The van der Waals surface area contributed by atoms with Crippen molar-refractivity contribution in [3.8, 4) is 0 Å². The molecular formula is C15H20N2O. The number of nitrogens with one attached hydrogen (secondary N) is 1. The monoisotopic (exact) mass is 244 g/mol. The van der Waals surface area contributed by atoms with Gasteiger partial charge in [-0.2, -0.15) is 0 Å². The van der Waals surface area contributed by atoms with Crippen LogP contribution < -0.4 is 11.3 Å². The fraction of sp³-hybridized carbons (Fsp3) is 0.400. The molecule has 1 aromatic heterocycles. The zero-order chi connectivity index (χ0) is 13.3. The predicted molar refractivity (Wildman–Crippen MR) is 75.9 cm³/mol. The highest BCUT2D eigenvalue weighted by Gasteiger charge is 2.14. The van der Waals surface area contributed by atoms with Gasteiger partial charge in [-0.15, -0.1) is 0 Å². The molecule has 18 heavy (non-hydrogen) atoms. The summed E-state index contributed by atoms with van der Waals surface area (Å²) >= 11 is 0. The van der Waals surface area contributed by atoms with E-state index in [2.05, 4.69) is 18.0 Å². The van der Waals surface area contributed by atoms with E-state index in [4.69, 9.17) is 5.73 Å². The number of benzene rings is 1. The topological polar surface area (TPSA) is 58.9 Å². The van der Waals surface area contributed by atoms with E-state index in [1.54, 1.807) is 0 Å². The molecule has 3 nitrogen and oxygen atoms in total. The van der Waals surface area contributed by atoms with E-state index in [0.717, 1.165) is 22.9 Å². The molecule has 1 heterocycles. The molecule has 1 aromatic carbocycles. The lowest BCUT2D eigenvalue weighted by atomic mass is 9.96. The zero-order valence-electron chi connectivity index (χ0n) is 11.2. The third-order valence-corrected chi connectivity index (χ3v) is 3.04. The van der Waals surface area contributed by atoms with E-state index in [0.29, 0.717) is 6.42 Å². The Labute approximate surface area is 107 Å². The van der Waals surface area contributed by atoms with Crippen LogP contribution in [0.3, 0.4) is 0 Å². The molecule has 3 N–H and O–H groups in total. The zero-order valence-corrected chi connectivity index (χ0v) is 11.2. The summed E-state index contributed by atoms with van der Waals surface area (Å²) in [5.41, 5.74) is 8.48. The van der Waals surface area contributed by atoms with Crippen LogP contribution in [0.25, 0.3) is 10.9 Å². The molecule has 0 radical (unpaired) electrons. The summed E-state index contributed by atoms with van der Waals surface area (Å²) in [6.07, 6.45) is 1.57. The summed E-state index contributed by atoms with van der Waals surface area (Å²) in [6, 6.07) is 8.10. The Hall–Kier alpha value is -1.61. The minimum Gasteiger partial charge on any atom is -0.325 e. The van der Waals surface area contributed by atoms with Crippen LogP contribution in [-0.4, -0.2) is 10.5 Å². The maximum atomic E-state index is 12.0. The van der Waals surface area contributed by atoms with Crippen LogP contribution in [0.15, 0.2) is 29.1 Å². The molecule has 0 aliphatic heterocycles. The van der Waals surface area contributed by atoms with Gasteiger partial charge >= 0.3 is 0 Å². The quantitative estimate of drug-likeness (QED) is 0.870. The largest absolute Gasteiger partial charge is 0.325 e. The van der Waals surface area contributed by atoms with Gasteiger partial charge in [-0.25, -0.2) is 0 Å². The summed E-state index contributed by atoms with van der Waals surface area (Å²) < 4.78 is 0. The lowest BCUT2D eigenvalue weighted by molar-refractivity contribution is 0.514. The van der Waals surface area contributed by atoms with Crippen LogP contribution in [0.5, 0.6) is 0 Å². The van der Waals surface area contributed by atoms with E-state index >= 15 is 0 Å². The van der Waals surface area contributed by atoms with Crippen molar-refractivity contribution in [1.29, 1.82) is 0 Å². The first-order valence-electron chi connectivity index (χ1n) is 6.33. The van der Waals surface area contributed by atoms with E-state index in [9.17, 15) is 4.79 Å². The molecule has 0 atom stereocenters. The molecular weight excluding hydrogens is 224 g/mol. The fourth-order valence-electron chi connectivity index (χ4n) is 2.14. The Morgan fingerprint density at radius 2 is 2.00 bits per heavy atom. The highest BCUT2D eigenvalue weighted by atomic mass is 16.1. The predicted octanol–water partition coefficient (Wildman–Crippen LogP) is 2.37. The standard InChI is InChI=1S/C15H20N2O/c1-4-10-5-6-13-11(7-10)8-12(14(18)17-13)9-15(2,3)16/h5-8H,4,9,16H2,1-3H3,(H,17,18). The van der Waals surface area contributed by atoms with Crippen LogP contribution in [0, 0.1) is 0 Å². The van der Waals surface area contributed by atoms with Crippen molar-refractivity contribution in [1.82, 2.24) is 4.98 Å². The first-order valence-corrected chi connectivity index (χ1v) is 6.33. The molecule has 2 rings (SSSR count). The van der Waals surface area contributed by atoms with Crippen molar-refractivity contribution in [2.24, 2.45) is 5.73 Å². The van der Waals surface area contributed by atoms with Crippen molar-refractivity contribution in [3.05, 3.63) is 45.7 Å². The number of rotatable bonds is 3. The van der Waals surface area contributed by atoms with Crippen molar-refractivity contribution in [2.45, 2.75) is 39.2 Å². The van der Waals surface area contributed by atoms with Gasteiger partial charge in [-0.3, -0.25) is 4.79 Å². The number of nitrogens with two attached hydrogens (primary N) is 1. The van der Waals surface area contributed by atoms with Crippen molar-refractivity contribution < 1.29 is 0 Å². The van der Waals surface area contributed by atoms with Gasteiger partial charge in [0.25, 0.3) is 5.56 Å². The number of aryl methyl sites for hydroxylation is 1. The molecule has 0 bridgehead atoms. The van der Waals surface area contributed by atoms with Gasteiger partial charge in [-0.05, 0) is 55.8 Å². The minimum atomic E-state index is -0.372. The van der Waals surface area contributed by atoms with E-state index in [1.807, 2.05) is 32.0 Å². The molecule has 0 saturated heterocycles. The highest BCUT2D eigenvalue weighted by Crippen LogP contribution is 2.16. The van der Waals surface area contributed by atoms with Gasteiger partial charge in [0.1, 0.15) is 0 Å². The maximum Gasteiger partial charge on any atom is 0.251 e. The van der Waals surface area contributed by atoms with E-state index in [1.165, 1.54) is 5.56 Å². The summed E-state index contributed by atoms with van der Waals surface area (Å²) in [4.78, 5) is 14.9. The number of hydrogen-bond acceptors (Lipinski definition) is 2. The third kappa shape index (κ3) is 2.79. The van der Waals surface area contributed by atoms with Gasteiger partial charge in [0.15, 0.2) is 0 Å². The second-order valence-corrected chi connectivity index (χ2v) is 5.56. The molecule has 3 heteroatoms. The maximum absolute atomic E-state index is 12.0. The number of fused-ring (bicyclic) bond motifs is 1. The van der Waals surface area contributed by atoms with Crippen molar-refractivity contribution >= 4 is 10.9 Å². The number of hydrogen-bond donors (Lipinski definition) is 2.